The fraction of sp³-hybridized carbons (Fsp3) is 0.545. The van der Waals surface area contributed by atoms with Gasteiger partial charge in [-0.3, -0.25) is 0 Å². The van der Waals surface area contributed by atoms with Gasteiger partial charge in [0.1, 0.15) is 11.7 Å². The van der Waals surface area contributed by atoms with Crippen LogP contribution in [0.4, 0.5) is 0 Å². The summed E-state index contributed by atoms with van der Waals surface area (Å²) in [5, 5.41) is 3.26. The summed E-state index contributed by atoms with van der Waals surface area (Å²) < 4.78 is 10.5. The molecule has 2 heterocycles. The van der Waals surface area contributed by atoms with Gasteiger partial charge in [0.05, 0.1) is 18.9 Å². The molecule has 0 spiro atoms. The molecule has 1 aromatic heterocycles. The number of hydrogen-bond acceptors (Lipinski definition) is 6. The van der Waals surface area contributed by atoms with Crippen LogP contribution in [0.3, 0.4) is 0 Å². The lowest BCUT2D eigenvalue weighted by atomic mass is 10.1. The highest BCUT2D eigenvalue weighted by Gasteiger charge is 2.25. The van der Waals surface area contributed by atoms with Gasteiger partial charge in [0, 0.05) is 19.3 Å². The normalized spacial score (nSPS) is 19.6. The van der Waals surface area contributed by atoms with Crippen LogP contribution in [0.5, 0.6) is 0 Å². The van der Waals surface area contributed by atoms with Crippen LogP contribution >= 0.6 is 11.6 Å². The van der Waals surface area contributed by atoms with E-state index in [1.165, 1.54) is 6.20 Å². The molecule has 1 aliphatic rings. The maximum atomic E-state index is 11.8. The zero-order valence-corrected chi connectivity index (χ0v) is 10.7. The number of esters is 1. The van der Waals surface area contributed by atoms with Gasteiger partial charge >= 0.3 is 5.97 Å². The second kappa shape index (κ2) is 6.08. The molecule has 1 aliphatic heterocycles. The van der Waals surface area contributed by atoms with Crippen molar-refractivity contribution in [3.05, 3.63) is 22.7 Å². The summed E-state index contributed by atoms with van der Waals surface area (Å²) in [6.07, 6.45) is 1.07. The van der Waals surface area contributed by atoms with E-state index in [0.717, 1.165) is 6.54 Å². The summed E-state index contributed by atoms with van der Waals surface area (Å²) in [6, 6.07) is 0. The van der Waals surface area contributed by atoms with Crippen molar-refractivity contribution in [2.75, 3.05) is 26.3 Å². The first-order chi connectivity index (χ1) is 8.72. The molecule has 1 unspecified atom stereocenters. The fourth-order valence-corrected chi connectivity index (χ4v) is 1.86. The van der Waals surface area contributed by atoms with Crippen LogP contribution in [-0.2, 0) is 9.47 Å². The maximum Gasteiger partial charge on any atom is 0.341 e. The standard InChI is InChI=1S/C11H14ClN3O3/c1-2-17-10(16)7-5-14-11(12)15-9(7)8-6-13-3-4-18-8/h5,8,13H,2-4,6H2,1H3. The lowest BCUT2D eigenvalue weighted by Gasteiger charge is -2.24. The van der Waals surface area contributed by atoms with E-state index in [1.807, 2.05) is 0 Å². The topological polar surface area (TPSA) is 73.3 Å². The third-order valence-corrected chi connectivity index (χ3v) is 2.70. The van der Waals surface area contributed by atoms with Gasteiger partial charge in [-0.05, 0) is 18.5 Å². The average Bonchev–Trinajstić information content (AvgIpc) is 2.40. The van der Waals surface area contributed by atoms with Gasteiger partial charge in [0.15, 0.2) is 0 Å². The highest BCUT2D eigenvalue weighted by atomic mass is 35.5. The molecule has 1 fully saturated rings. The van der Waals surface area contributed by atoms with E-state index in [-0.39, 0.29) is 11.4 Å². The predicted octanol–water partition coefficient (Wildman–Crippen LogP) is 0.968. The van der Waals surface area contributed by atoms with Crippen LogP contribution in [0.2, 0.25) is 5.28 Å². The molecule has 0 bridgehead atoms. The molecule has 1 N–H and O–H groups in total. The molecule has 6 nitrogen and oxygen atoms in total. The minimum Gasteiger partial charge on any atom is -0.462 e. The van der Waals surface area contributed by atoms with Gasteiger partial charge in [-0.1, -0.05) is 0 Å². The quantitative estimate of drug-likeness (QED) is 0.652. The molecule has 0 radical (unpaired) electrons. The molecule has 7 heteroatoms. The zero-order chi connectivity index (χ0) is 13.0. The summed E-state index contributed by atoms with van der Waals surface area (Å²) in [4.78, 5) is 19.7. The van der Waals surface area contributed by atoms with E-state index < -0.39 is 5.97 Å². The number of aromatic nitrogens is 2. The maximum absolute atomic E-state index is 11.8. The third-order valence-electron chi connectivity index (χ3n) is 2.52. The number of halogens is 1. The Balaban J connectivity index is 2.30. The number of carbonyl (C=O) groups is 1. The van der Waals surface area contributed by atoms with Crippen molar-refractivity contribution in [3.63, 3.8) is 0 Å². The summed E-state index contributed by atoms with van der Waals surface area (Å²) in [5.74, 6) is -0.460. The van der Waals surface area contributed by atoms with Crippen LogP contribution in [0.1, 0.15) is 29.1 Å². The summed E-state index contributed by atoms with van der Waals surface area (Å²) >= 11 is 5.77. The van der Waals surface area contributed by atoms with Crippen LogP contribution in [0.25, 0.3) is 0 Å². The second-order valence-electron chi connectivity index (χ2n) is 3.72. The number of nitrogens with zero attached hydrogens (tertiary/aromatic N) is 2. The number of rotatable bonds is 3. The monoisotopic (exact) mass is 271 g/mol. The minimum atomic E-state index is -0.460. The van der Waals surface area contributed by atoms with Crippen molar-refractivity contribution in [3.8, 4) is 0 Å². The molecule has 2 rings (SSSR count). The van der Waals surface area contributed by atoms with Crippen molar-refractivity contribution in [1.29, 1.82) is 0 Å². The fourth-order valence-electron chi connectivity index (χ4n) is 1.73. The average molecular weight is 272 g/mol. The SMILES string of the molecule is CCOC(=O)c1cnc(Cl)nc1C1CNCCO1. The van der Waals surface area contributed by atoms with Gasteiger partial charge < -0.3 is 14.8 Å². The first-order valence-corrected chi connectivity index (χ1v) is 6.12. The van der Waals surface area contributed by atoms with Crippen molar-refractivity contribution in [2.45, 2.75) is 13.0 Å². The number of ether oxygens (including phenoxy) is 2. The molecule has 0 amide bonds. The third kappa shape index (κ3) is 2.95. The summed E-state index contributed by atoms with van der Waals surface area (Å²) in [6.45, 7) is 3.97. The van der Waals surface area contributed by atoms with Crippen LogP contribution in [-0.4, -0.2) is 42.2 Å². The van der Waals surface area contributed by atoms with Gasteiger partial charge in [-0.25, -0.2) is 14.8 Å². The molecule has 0 aromatic carbocycles. The van der Waals surface area contributed by atoms with E-state index in [1.54, 1.807) is 6.92 Å². The molecule has 0 aliphatic carbocycles. The summed E-state index contributed by atoms with van der Waals surface area (Å²) in [5.41, 5.74) is 0.774. The molecule has 1 atom stereocenters. The Morgan fingerprint density at radius 1 is 1.72 bits per heavy atom. The molecular formula is C11H14ClN3O3. The van der Waals surface area contributed by atoms with Gasteiger partial charge in [0.2, 0.25) is 5.28 Å². The Labute approximate surface area is 110 Å². The number of morpholine rings is 1. The first kappa shape index (κ1) is 13.2. The molecule has 1 aromatic rings. The van der Waals surface area contributed by atoms with Gasteiger partial charge in [-0.2, -0.15) is 0 Å². The van der Waals surface area contributed by atoms with Crippen molar-refractivity contribution >= 4 is 17.6 Å². The van der Waals surface area contributed by atoms with E-state index in [9.17, 15) is 4.79 Å². The summed E-state index contributed by atoms with van der Waals surface area (Å²) in [7, 11) is 0. The largest absolute Gasteiger partial charge is 0.462 e. The zero-order valence-electron chi connectivity index (χ0n) is 9.98. The van der Waals surface area contributed by atoms with Crippen molar-refractivity contribution in [2.24, 2.45) is 0 Å². The van der Waals surface area contributed by atoms with E-state index >= 15 is 0 Å². The Kier molecular flexibility index (Phi) is 4.46. The van der Waals surface area contributed by atoms with E-state index in [4.69, 9.17) is 21.1 Å². The van der Waals surface area contributed by atoms with E-state index in [0.29, 0.717) is 31.0 Å². The van der Waals surface area contributed by atoms with Gasteiger partial charge in [-0.15, -0.1) is 0 Å². The highest BCUT2D eigenvalue weighted by molar-refractivity contribution is 6.28. The Hall–Kier alpha value is -1.24. The Morgan fingerprint density at radius 2 is 2.56 bits per heavy atom. The number of carbonyl (C=O) groups excluding carboxylic acids is 1. The molecule has 18 heavy (non-hydrogen) atoms. The van der Waals surface area contributed by atoms with Crippen molar-refractivity contribution < 1.29 is 14.3 Å². The highest BCUT2D eigenvalue weighted by Crippen LogP contribution is 2.22. The molecule has 98 valence electrons. The molecular weight excluding hydrogens is 258 g/mol. The van der Waals surface area contributed by atoms with E-state index in [2.05, 4.69) is 15.3 Å². The minimum absolute atomic E-state index is 0.0900. The van der Waals surface area contributed by atoms with Crippen LogP contribution in [0.15, 0.2) is 6.20 Å². The molecule has 0 saturated carbocycles. The van der Waals surface area contributed by atoms with Gasteiger partial charge in [0.25, 0.3) is 0 Å². The van der Waals surface area contributed by atoms with Crippen LogP contribution in [0, 0.1) is 0 Å². The number of nitrogens with one attached hydrogen (secondary N) is 1. The lowest BCUT2D eigenvalue weighted by molar-refractivity contribution is 0.0226. The predicted molar refractivity (Wildman–Crippen MR) is 64.6 cm³/mol. The van der Waals surface area contributed by atoms with Crippen molar-refractivity contribution in [1.82, 2.24) is 15.3 Å². The molecule has 1 saturated heterocycles. The Bertz CT molecular complexity index is 436. The smallest absolute Gasteiger partial charge is 0.341 e. The number of hydrogen-bond donors (Lipinski definition) is 1. The van der Waals surface area contributed by atoms with Crippen LogP contribution < -0.4 is 5.32 Å². The first-order valence-electron chi connectivity index (χ1n) is 5.74. The Morgan fingerprint density at radius 3 is 3.22 bits per heavy atom. The second-order valence-corrected chi connectivity index (χ2v) is 4.06. The lowest BCUT2D eigenvalue weighted by Crippen LogP contribution is -2.34.